The first-order valence-corrected chi connectivity index (χ1v) is 6.01. The van der Waals surface area contributed by atoms with Gasteiger partial charge >= 0.3 is 0 Å². The van der Waals surface area contributed by atoms with Crippen molar-refractivity contribution >= 4 is 5.91 Å². The smallest absolute Gasteiger partial charge is 0.240 e. The van der Waals surface area contributed by atoms with Crippen molar-refractivity contribution in [1.82, 2.24) is 4.90 Å². The van der Waals surface area contributed by atoms with Crippen LogP contribution < -0.4 is 0 Å². The van der Waals surface area contributed by atoms with Crippen molar-refractivity contribution in [3.05, 3.63) is 35.4 Å². The molecule has 3 heteroatoms. The molecule has 0 aliphatic carbocycles. The molecule has 0 bridgehead atoms. The summed E-state index contributed by atoms with van der Waals surface area (Å²) < 4.78 is 0. The van der Waals surface area contributed by atoms with Crippen LogP contribution in [0.3, 0.4) is 0 Å². The predicted octanol–water partition coefficient (Wildman–Crippen LogP) is 2.12. The van der Waals surface area contributed by atoms with Crippen molar-refractivity contribution in [2.75, 3.05) is 6.54 Å². The number of carbonyl (C=O) groups is 1. The van der Waals surface area contributed by atoms with E-state index in [0.29, 0.717) is 13.0 Å². The molecule has 0 N–H and O–H groups in total. The maximum atomic E-state index is 12.1. The van der Waals surface area contributed by atoms with Gasteiger partial charge in [0.25, 0.3) is 0 Å². The standard InChI is InChI=1S/C14H16N2O/c1-2-11(9-15)14(17)16-8-7-12-5-3-4-6-13(12)10-16/h3-6,11H,2,7-8,10H2,1H3. The Balaban J connectivity index is 2.13. The first-order valence-electron chi connectivity index (χ1n) is 6.01. The van der Waals surface area contributed by atoms with E-state index in [4.69, 9.17) is 5.26 Å². The van der Waals surface area contributed by atoms with Gasteiger partial charge in [0, 0.05) is 13.1 Å². The van der Waals surface area contributed by atoms with Crippen LogP contribution in [-0.2, 0) is 17.8 Å². The van der Waals surface area contributed by atoms with Crippen molar-refractivity contribution in [3.8, 4) is 6.07 Å². The van der Waals surface area contributed by atoms with Crippen molar-refractivity contribution in [2.45, 2.75) is 26.3 Å². The molecule has 1 atom stereocenters. The quantitative estimate of drug-likeness (QED) is 0.778. The van der Waals surface area contributed by atoms with E-state index in [1.807, 2.05) is 19.1 Å². The van der Waals surface area contributed by atoms with E-state index in [2.05, 4.69) is 18.2 Å². The highest BCUT2D eigenvalue weighted by atomic mass is 16.2. The molecule has 88 valence electrons. The summed E-state index contributed by atoms with van der Waals surface area (Å²) in [6, 6.07) is 10.3. The Labute approximate surface area is 102 Å². The maximum Gasteiger partial charge on any atom is 0.240 e. The maximum absolute atomic E-state index is 12.1. The average Bonchev–Trinajstić information content (AvgIpc) is 2.39. The fourth-order valence-corrected chi connectivity index (χ4v) is 2.23. The highest BCUT2D eigenvalue weighted by Gasteiger charge is 2.25. The number of carbonyl (C=O) groups excluding carboxylic acids is 1. The second kappa shape index (κ2) is 5.01. The van der Waals surface area contributed by atoms with Crippen molar-refractivity contribution in [3.63, 3.8) is 0 Å². The van der Waals surface area contributed by atoms with Crippen LogP contribution in [0.15, 0.2) is 24.3 Å². The Kier molecular flexibility index (Phi) is 3.43. The van der Waals surface area contributed by atoms with Gasteiger partial charge < -0.3 is 4.90 Å². The number of nitrogens with zero attached hydrogens (tertiary/aromatic N) is 2. The van der Waals surface area contributed by atoms with Crippen LogP contribution in [-0.4, -0.2) is 17.4 Å². The highest BCUT2D eigenvalue weighted by Crippen LogP contribution is 2.20. The van der Waals surface area contributed by atoms with Gasteiger partial charge in [0.05, 0.1) is 6.07 Å². The van der Waals surface area contributed by atoms with Crippen molar-refractivity contribution in [1.29, 1.82) is 5.26 Å². The molecule has 0 fully saturated rings. The zero-order chi connectivity index (χ0) is 12.3. The van der Waals surface area contributed by atoms with Gasteiger partial charge in [-0.2, -0.15) is 5.26 Å². The van der Waals surface area contributed by atoms with E-state index in [-0.39, 0.29) is 5.91 Å². The summed E-state index contributed by atoms with van der Waals surface area (Å²) >= 11 is 0. The fourth-order valence-electron chi connectivity index (χ4n) is 2.23. The van der Waals surface area contributed by atoms with Crippen LogP contribution in [0.25, 0.3) is 0 Å². The fraction of sp³-hybridized carbons (Fsp3) is 0.429. The lowest BCUT2D eigenvalue weighted by Crippen LogP contribution is -2.39. The molecule has 0 saturated carbocycles. The summed E-state index contributed by atoms with van der Waals surface area (Å²) in [5.74, 6) is -0.509. The second-order valence-corrected chi connectivity index (χ2v) is 4.37. The molecular formula is C14H16N2O. The van der Waals surface area contributed by atoms with Gasteiger partial charge in [-0.25, -0.2) is 0 Å². The lowest BCUT2D eigenvalue weighted by molar-refractivity contribution is -0.134. The molecule has 1 unspecified atom stereocenters. The van der Waals surface area contributed by atoms with Gasteiger partial charge in [0.2, 0.25) is 5.91 Å². The van der Waals surface area contributed by atoms with Gasteiger partial charge in [0.15, 0.2) is 0 Å². The SMILES string of the molecule is CCC(C#N)C(=O)N1CCc2ccccc2C1. The second-order valence-electron chi connectivity index (χ2n) is 4.37. The van der Waals surface area contributed by atoms with Gasteiger partial charge in [0.1, 0.15) is 5.92 Å². The third-order valence-corrected chi connectivity index (χ3v) is 3.30. The van der Waals surface area contributed by atoms with Gasteiger partial charge in [-0.1, -0.05) is 31.2 Å². The molecule has 3 nitrogen and oxygen atoms in total. The summed E-state index contributed by atoms with van der Waals surface area (Å²) in [6.45, 7) is 3.25. The van der Waals surface area contributed by atoms with E-state index in [1.165, 1.54) is 11.1 Å². The molecule has 17 heavy (non-hydrogen) atoms. The predicted molar refractivity (Wildman–Crippen MR) is 65.0 cm³/mol. The van der Waals surface area contributed by atoms with Crippen LogP contribution in [0.4, 0.5) is 0 Å². The highest BCUT2D eigenvalue weighted by molar-refractivity contribution is 5.81. The summed E-state index contributed by atoms with van der Waals surface area (Å²) in [6.07, 6.45) is 1.48. The molecular weight excluding hydrogens is 212 g/mol. The number of nitriles is 1. The van der Waals surface area contributed by atoms with Crippen LogP contribution in [0, 0.1) is 17.2 Å². The van der Waals surface area contributed by atoms with Crippen LogP contribution in [0.1, 0.15) is 24.5 Å². The van der Waals surface area contributed by atoms with Crippen LogP contribution in [0.5, 0.6) is 0 Å². The number of fused-ring (bicyclic) bond motifs is 1. The Morgan fingerprint density at radius 1 is 1.47 bits per heavy atom. The lowest BCUT2D eigenvalue weighted by Gasteiger charge is -2.30. The largest absolute Gasteiger partial charge is 0.337 e. The van der Waals surface area contributed by atoms with E-state index in [0.717, 1.165) is 13.0 Å². The Morgan fingerprint density at radius 3 is 2.82 bits per heavy atom. The van der Waals surface area contributed by atoms with E-state index >= 15 is 0 Å². The summed E-state index contributed by atoms with van der Waals surface area (Å²) in [7, 11) is 0. The normalized spacial score (nSPS) is 15.9. The summed E-state index contributed by atoms with van der Waals surface area (Å²) in [5.41, 5.74) is 2.53. The summed E-state index contributed by atoms with van der Waals surface area (Å²) in [4.78, 5) is 13.9. The minimum Gasteiger partial charge on any atom is -0.337 e. The molecule has 0 saturated heterocycles. The van der Waals surface area contributed by atoms with Crippen molar-refractivity contribution < 1.29 is 4.79 Å². The molecule has 0 radical (unpaired) electrons. The molecule has 2 rings (SSSR count). The zero-order valence-corrected chi connectivity index (χ0v) is 10.0. The molecule has 1 heterocycles. The van der Waals surface area contributed by atoms with E-state index in [1.54, 1.807) is 4.90 Å². The Morgan fingerprint density at radius 2 is 2.18 bits per heavy atom. The summed E-state index contributed by atoms with van der Waals surface area (Å²) in [5, 5.41) is 8.92. The Hall–Kier alpha value is -1.82. The topological polar surface area (TPSA) is 44.1 Å². The van der Waals surface area contributed by atoms with E-state index < -0.39 is 5.92 Å². The number of rotatable bonds is 2. The average molecular weight is 228 g/mol. The minimum atomic E-state index is -0.486. The van der Waals surface area contributed by atoms with Crippen molar-refractivity contribution in [2.24, 2.45) is 5.92 Å². The molecule has 1 aromatic carbocycles. The number of hydrogen-bond donors (Lipinski definition) is 0. The Bertz CT molecular complexity index is 462. The van der Waals surface area contributed by atoms with E-state index in [9.17, 15) is 4.79 Å². The van der Waals surface area contributed by atoms with Gasteiger partial charge in [-0.3, -0.25) is 4.79 Å². The van der Waals surface area contributed by atoms with Crippen LogP contribution >= 0.6 is 0 Å². The lowest BCUT2D eigenvalue weighted by atomic mass is 9.98. The number of hydrogen-bond acceptors (Lipinski definition) is 2. The van der Waals surface area contributed by atoms with Gasteiger partial charge in [-0.05, 0) is 24.0 Å². The van der Waals surface area contributed by atoms with Crippen LogP contribution in [0.2, 0.25) is 0 Å². The first kappa shape index (κ1) is 11.7. The molecule has 1 aromatic rings. The zero-order valence-electron chi connectivity index (χ0n) is 10.0. The monoisotopic (exact) mass is 228 g/mol. The third-order valence-electron chi connectivity index (χ3n) is 3.30. The number of amides is 1. The minimum absolute atomic E-state index is 0.0236. The third kappa shape index (κ3) is 2.31. The molecule has 1 aliphatic heterocycles. The van der Waals surface area contributed by atoms with Gasteiger partial charge in [-0.15, -0.1) is 0 Å². The first-order chi connectivity index (χ1) is 8.26. The molecule has 0 spiro atoms. The number of benzene rings is 1. The molecule has 1 amide bonds. The molecule has 1 aliphatic rings. The molecule has 0 aromatic heterocycles.